The van der Waals surface area contributed by atoms with Crippen LogP contribution in [0.2, 0.25) is 0 Å². The fraction of sp³-hybridized carbons (Fsp3) is 0.235. The van der Waals surface area contributed by atoms with E-state index in [1.54, 1.807) is 14.0 Å². The molecular weight excluding hydrogens is 360 g/mol. The predicted octanol–water partition coefficient (Wildman–Crippen LogP) is 3.62. The van der Waals surface area contributed by atoms with Crippen molar-refractivity contribution in [1.29, 1.82) is 0 Å². The molecule has 0 aliphatic rings. The highest BCUT2D eigenvalue weighted by atomic mass is 32.2. The van der Waals surface area contributed by atoms with Crippen LogP contribution in [0, 0.1) is 0 Å². The molecule has 0 bridgehead atoms. The molecule has 0 amide bonds. The van der Waals surface area contributed by atoms with E-state index in [2.05, 4.69) is 9.97 Å². The first-order valence-electron chi connectivity index (χ1n) is 7.59. The molecule has 1 aromatic carbocycles. The number of ether oxygens (including phenoxy) is 1. The molecule has 0 saturated heterocycles. The minimum absolute atomic E-state index is 0.271. The molecule has 25 heavy (non-hydrogen) atoms. The number of carbonyl (C=O) groups is 1. The average Bonchev–Trinajstić information content (AvgIpc) is 3.04. The van der Waals surface area contributed by atoms with Crippen LogP contribution in [-0.4, -0.2) is 33.4 Å². The first kappa shape index (κ1) is 17.5. The SMILES string of the molecule is CCC(Sc1nc2scc(-c3cccc(OC)c3)c2c(=O)[nH]1)C(=O)O. The van der Waals surface area contributed by atoms with E-state index in [4.69, 9.17) is 9.84 Å². The van der Waals surface area contributed by atoms with Gasteiger partial charge in [0.15, 0.2) is 5.16 Å². The van der Waals surface area contributed by atoms with Gasteiger partial charge in [-0.15, -0.1) is 11.3 Å². The van der Waals surface area contributed by atoms with Crippen molar-refractivity contribution in [2.75, 3.05) is 7.11 Å². The van der Waals surface area contributed by atoms with E-state index in [1.165, 1.54) is 11.3 Å². The van der Waals surface area contributed by atoms with Crippen molar-refractivity contribution in [2.24, 2.45) is 0 Å². The highest BCUT2D eigenvalue weighted by molar-refractivity contribution is 8.00. The Bertz CT molecular complexity index is 980. The average molecular weight is 376 g/mol. The summed E-state index contributed by atoms with van der Waals surface area (Å²) in [6.07, 6.45) is 0.446. The number of fused-ring (bicyclic) bond motifs is 1. The number of rotatable bonds is 6. The molecule has 3 rings (SSSR count). The summed E-state index contributed by atoms with van der Waals surface area (Å²) >= 11 is 2.42. The number of hydrogen-bond donors (Lipinski definition) is 2. The number of carboxylic acids is 1. The number of aliphatic carboxylic acids is 1. The zero-order valence-corrected chi connectivity index (χ0v) is 15.2. The number of thioether (sulfide) groups is 1. The third kappa shape index (κ3) is 3.54. The van der Waals surface area contributed by atoms with Gasteiger partial charge in [0.1, 0.15) is 15.8 Å². The molecule has 0 fully saturated rings. The van der Waals surface area contributed by atoms with Crippen LogP contribution in [0.1, 0.15) is 13.3 Å². The van der Waals surface area contributed by atoms with Gasteiger partial charge in [-0.25, -0.2) is 4.98 Å². The van der Waals surface area contributed by atoms with Crippen LogP contribution >= 0.6 is 23.1 Å². The van der Waals surface area contributed by atoms with Crippen molar-refractivity contribution in [1.82, 2.24) is 9.97 Å². The van der Waals surface area contributed by atoms with Crippen LogP contribution in [0.3, 0.4) is 0 Å². The van der Waals surface area contributed by atoms with Crippen molar-refractivity contribution in [3.8, 4) is 16.9 Å². The molecule has 2 aromatic heterocycles. The molecule has 0 saturated carbocycles. The van der Waals surface area contributed by atoms with Crippen LogP contribution in [0.15, 0.2) is 39.6 Å². The van der Waals surface area contributed by atoms with E-state index in [0.717, 1.165) is 22.9 Å². The Hall–Kier alpha value is -2.32. The van der Waals surface area contributed by atoms with Gasteiger partial charge < -0.3 is 14.8 Å². The number of H-pyrrole nitrogens is 1. The lowest BCUT2D eigenvalue weighted by molar-refractivity contribution is -0.136. The first-order chi connectivity index (χ1) is 12.0. The second-order valence-electron chi connectivity index (χ2n) is 5.29. The van der Waals surface area contributed by atoms with E-state index in [0.29, 0.717) is 27.5 Å². The number of nitrogens with one attached hydrogen (secondary N) is 1. The molecule has 6 nitrogen and oxygen atoms in total. The lowest BCUT2D eigenvalue weighted by Gasteiger charge is -2.08. The van der Waals surface area contributed by atoms with E-state index in [1.807, 2.05) is 29.6 Å². The molecule has 1 unspecified atom stereocenters. The Kier molecular flexibility index (Phi) is 5.10. The number of aromatic amines is 1. The van der Waals surface area contributed by atoms with Gasteiger partial charge in [-0.1, -0.05) is 30.8 Å². The highest BCUT2D eigenvalue weighted by Crippen LogP contribution is 2.33. The maximum absolute atomic E-state index is 12.6. The van der Waals surface area contributed by atoms with Crippen LogP contribution in [0.4, 0.5) is 0 Å². The van der Waals surface area contributed by atoms with Crippen molar-refractivity contribution in [3.05, 3.63) is 40.0 Å². The molecule has 8 heteroatoms. The van der Waals surface area contributed by atoms with E-state index in [9.17, 15) is 9.59 Å². The maximum Gasteiger partial charge on any atom is 0.317 e. The molecule has 0 aliphatic carbocycles. The van der Waals surface area contributed by atoms with Crippen molar-refractivity contribution in [2.45, 2.75) is 23.8 Å². The standard InChI is InChI=1S/C17H16N2O4S2/c1-3-12(16(21)22)25-17-18-14(20)13-11(8-24-15(13)19-17)9-5-4-6-10(7-9)23-2/h4-8,12H,3H2,1-2H3,(H,21,22)(H,18,19,20). The van der Waals surface area contributed by atoms with Crippen LogP contribution in [0.25, 0.3) is 21.3 Å². The fourth-order valence-corrected chi connectivity index (χ4v) is 4.27. The Morgan fingerprint density at radius 3 is 2.96 bits per heavy atom. The van der Waals surface area contributed by atoms with Gasteiger partial charge in [-0.2, -0.15) is 0 Å². The topological polar surface area (TPSA) is 92.3 Å². The lowest BCUT2D eigenvalue weighted by atomic mass is 10.1. The van der Waals surface area contributed by atoms with E-state index >= 15 is 0 Å². The minimum atomic E-state index is -0.918. The molecule has 130 valence electrons. The number of carboxylic acid groups (broad SMARTS) is 1. The predicted molar refractivity (Wildman–Crippen MR) is 99.8 cm³/mol. The van der Waals surface area contributed by atoms with Gasteiger partial charge in [-0.3, -0.25) is 9.59 Å². The van der Waals surface area contributed by atoms with Gasteiger partial charge in [0, 0.05) is 10.9 Å². The van der Waals surface area contributed by atoms with Gasteiger partial charge in [0.2, 0.25) is 0 Å². The summed E-state index contributed by atoms with van der Waals surface area (Å²) in [7, 11) is 1.59. The molecule has 0 aliphatic heterocycles. The second-order valence-corrected chi connectivity index (χ2v) is 7.34. The summed E-state index contributed by atoms with van der Waals surface area (Å²) in [5.74, 6) is -0.209. The minimum Gasteiger partial charge on any atom is -0.497 e. The van der Waals surface area contributed by atoms with Gasteiger partial charge >= 0.3 is 5.97 Å². The Morgan fingerprint density at radius 2 is 2.28 bits per heavy atom. The quantitative estimate of drug-likeness (QED) is 0.504. The maximum atomic E-state index is 12.6. The molecular formula is C17H16N2O4S2. The first-order valence-corrected chi connectivity index (χ1v) is 9.34. The Morgan fingerprint density at radius 1 is 1.48 bits per heavy atom. The smallest absolute Gasteiger partial charge is 0.317 e. The van der Waals surface area contributed by atoms with Crippen LogP contribution in [0.5, 0.6) is 5.75 Å². The van der Waals surface area contributed by atoms with Crippen LogP contribution < -0.4 is 10.3 Å². The van der Waals surface area contributed by atoms with E-state index in [-0.39, 0.29) is 5.56 Å². The summed E-state index contributed by atoms with van der Waals surface area (Å²) in [5, 5.41) is 11.2. The molecule has 2 heterocycles. The summed E-state index contributed by atoms with van der Waals surface area (Å²) in [4.78, 5) is 31.5. The van der Waals surface area contributed by atoms with Crippen molar-refractivity contribution >= 4 is 39.3 Å². The van der Waals surface area contributed by atoms with Gasteiger partial charge in [0.05, 0.1) is 12.5 Å². The molecule has 1 atom stereocenters. The third-order valence-electron chi connectivity index (χ3n) is 3.70. The fourth-order valence-electron chi connectivity index (χ4n) is 2.43. The highest BCUT2D eigenvalue weighted by Gasteiger charge is 2.20. The molecule has 3 aromatic rings. The van der Waals surface area contributed by atoms with Crippen molar-refractivity contribution < 1.29 is 14.6 Å². The largest absolute Gasteiger partial charge is 0.497 e. The summed E-state index contributed by atoms with van der Waals surface area (Å²) in [6, 6.07) is 7.47. The summed E-state index contributed by atoms with van der Waals surface area (Å²) < 4.78 is 5.24. The summed E-state index contributed by atoms with van der Waals surface area (Å²) in [6.45, 7) is 1.79. The van der Waals surface area contributed by atoms with Gasteiger partial charge in [-0.05, 0) is 24.1 Å². The second kappa shape index (κ2) is 7.28. The molecule has 0 spiro atoms. The van der Waals surface area contributed by atoms with Crippen molar-refractivity contribution in [3.63, 3.8) is 0 Å². The normalized spacial score (nSPS) is 12.2. The monoisotopic (exact) mass is 376 g/mol. The number of nitrogens with zero attached hydrogens (tertiary/aromatic N) is 1. The number of hydrogen-bond acceptors (Lipinski definition) is 6. The summed E-state index contributed by atoms with van der Waals surface area (Å²) in [5.41, 5.74) is 1.39. The van der Waals surface area contributed by atoms with Crippen LogP contribution in [-0.2, 0) is 4.79 Å². The number of thiophene rings is 1. The third-order valence-corrected chi connectivity index (χ3v) is 5.81. The van der Waals surface area contributed by atoms with E-state index < -0.39 is 11.2 Å². The lowest BCUT2D eigenvalue weighted by Crippen LogP contribution is -2.17. The Labute approximate surface area is 151 Å². The molecule has 0 radical (unpaired) electrons. The Balaban J connectivity index is 2.05. The number of aromatic nitrogens is 2. The van der Waals surface area contributed by atoms with Gasteiger partial charge in [0.25, 0.3) is 5.56 Å². The number of methoxy groups -OCH3 is 1. The molecule has 2 N–H and O–H groups in total. The number of benzene rings is 1. The zero-order chi connectivity index (χ0) is 18.0. The zero-order valence-electron chi connectivity index (χ0n) is 13.6.